The van der Waals surface area contributed by atoms with Crippen LogP contribution in [0.25, 0.3) is 11.0 Å². The van der Waals surface area contributed by atoms with Crippen LogP contribution in [0.1, 0.15) is 12.1 Å². The first-order valence-corrected chi connectivity index (χ1v) is 12.1. The van der Waals surface area contributed by atoms with E-state index in [0.29, 0.717) is 47.4 Å². The number of aromatic nitrogens is 1. The second-order valence-corrected chi connectivity index (χ2v) is 9.37. The topological polar surface area (TPSA) is 120 Å². The summed E-state index contributed by atoms with van der Waals surface area (Å²) in [5, 5.41) is 7.53. The zero-order valence-corrected chi connectivity index (χ0v) is 18.8. The molecule has 3 aromatic carbocycles. The molecule has 0 saturated carbocycles. The number of carbonyl (C=O) groups is 1. The standard InChI is InChI=1S/C24H21N3O6S/c28-24(15-20-19-4-1-2-5-21(19)33-26-20)25-16-6-8-17(9-7-16)27-34(29,30)18-10-11-22-23(14-18)32-13-3-12-31-22/h1-2,4-11,14,27H,3,12-13,15H2,(H,25,28). The van der Waals surface area contributed by atoms with E-state index in [2.05, 4.69) is 15.2 Å². The van der Waals surface area contributed by atoms with Gasteiger partial charge in [-0.15, -0.1) is 0 Å². The fraction of sp³-hybridized carbons (Fsp3) is 0.167. The Bertz CT molecular complexity index is 1450. The smallest absolute Gasteiger partial charge is 0.262 e. The molecule has 5 rings (SSSR count). The molecule has 2 heterocycles. The number of fused-ring (bicyclic) bond motifs is 2. The zero-order valence-electron chi connectivity index (χ0n) is 18.0. The zero-order chi connectivity index (χ0) is 23.5. The average molecular weight is 480 g/mol. The van der Waals surface area contributed by atoms with Crippen LogP contribution in [0.2, 0.25) is 0 Å². The Morgan fingerprint density at radius 2 is 1.65 bits per heavy atom. The van der Waals surface area contributed by atoms with Crippen molar-refractivity contribution in [2.75, 3.05) is 23.3 Å². The van der Waals surface area contributed by atoms with Crippen molar-refractivity contribution >= 4 is 38.3 Å². The molecule has 2 N–H and O–H groups in total. The van der Waals surface area contributed by atoms with Crippen LogP contribution in [0.15, 0.2) is 76.1 Å². The fourth-order valence-electron chi connectivity index (χ4n) is 3.57. The molecule has 1 aliphatic rings. The maximum Gasteiger partial charge on any atom is 0.262 e. The highest BCUT2D eigenvalue weighted by Crippen LogP contribution is 2.32. The summed E-state index contributed by atoms with van der Waals surface area (Å²) in [6.07, 6.45) is 0.780. The normalized spacial score (nSPS) is 13.3. The molecule has 0 radical (unpaired) electrons. The van der Waals surface area contributed by atoms with Gasteiger partial charge in [-0.3, -0.25) is 9.52 Å². The number of amides is 1. The Hall–Kier alpha value is -4.05. The van der Waals surface area contributed by atoms with E-state index in [-0.39, 0.29) is 17.2 Å². The van der Waals surface area contributed by atoms with Gasteiger partial charge >= 0.3 is 0 Å². The Balaban J connectivity index is 1.24. The van der Waals surface area contributed by atoms with Crippen molar-refractivity contribution in [3.8, 4) is 11.5 Å². The van der Waals surface area contributed by atoms with E-state index in [1.54, 1.807) is 36.4 Å². The lowest BCUT2D eigenvalue weighted by Crippen LogP contribution is -2.15. The van der Waals surface area contributed by atoms with Gasteiger partial charge in [-0.25, -0.2) is 8.42 Å². The lowest BCUT2D eigenvalue weighted by atomic mass is 10.1. The second kappa shape index (κ2) is 9.06. The van der Waals surface area contributed by atoms with Crippen molar-refractivity contribution in [2.45, 2.75) is 17.7 Å². The molecule has 1 aromatic heterocycles. The molecule has 34 heavy (non-hydrogen) atoms. The van der Waals surface area contributed by atoms with Gasteiger partial charge in [0, 0.05) is 29.2 Å². The minimum atomic E-state index is -3.84. The predicted molar refractivity (Wildman–Crippen MR) is 126 cm³/mol. The van der Waals surface area contributed by atoms with Crippen LogP contribution in [-0.2, 0) is 21.2 Å². The number of hydrogen-bond acceptors (Lipinski definition) is 7. The lowest BCUT2D eigenvalue weighted by Gasteiger charge is -2.12. The number of ether oxygens (including phenoxy) is 2. The molecule has 0 saturated heterocycles. The second-order valence-electron chi connectivity index (χ2n) is 7.69. The maximum absolute atomic E-state index is 12.8. The predicted octanol–water partition coefficient (Wildman–Crippen LogP) is 3.97. The Morgan fingerprint density at radius 3 is 2.47 bits per heavy atom. The molecule has 174 valence electrons. The van der Waals surface area contributed by atoms with Crippen molar-refractivity contribution in [3.05, 3.63) is 72.4 Å². The average Bonchev–Trinajstić information content (AvgIpc) is 3.07. The van der Waals surface area contributed by atoms with Crippen LogP contribution in [0.3, 0.4) is 0 Å². The third kappa shape index (κ3) is 4.67. The first-order valence-electron chi connectivity index (χ1n) is 10.6. The van der Waals surface area contributed by atoms with E-state index in [1.165, 1.54) is 12.1 Å². The molecule has 0 unspecified atom stereocenters. The Morgan fingerprint density at radius 1 is 0.912 bits per heavy atom. The van der Waals surface area contributed by atoms with Gasteiger partial charge in [-0.1, -0.05) is 17.3 Å². The molecule has 10 heteroatoms. The van der Waals surface area contributed by atoms with Crippen LogP contribution in [0.5, 0.6) is 11.5 Å². The minimum absolute atomic E-state index is 0.0511. The van der Waals surface area contributed by atoms with Crippen molar-refractivity contribution in [2.24, 2.45) is 0 Å². The highest BCUT2D eigenvalue weighted by molar-refractivity contribution is 7.92. The molecular formula is C24H21N3O6S. The molecule has 1 aliphatic heterocycles. The number of sulfonamides is 1. The van der Waals surface area contributed by atoms with E-state index >= 15 is 0 Å². The molecule has 0 atom stereocenters. The number of nitrogens with zero attached hydrogens (tertiary/aromatic N) is 1. The number of hydrogen-bond donors (Lipinski definition) is 2. The number of anilines is 2. The Kier molecular flexibility index (Phi) is 5.81. The molecule has 1 amide bonds. The summed E-state index contributed by atoms with van der Waals surface area (Å²) >= 11 is 0. The quantitative estimate of drug-likeness (QED) is 0.429. The molecule has 0 bridgehead atoms. The number of benzene rings is 3. The highest BCUT2D eigenvalue weighted by atomic mass is 32.2. The van der Waals surface area contributed by atoms with E-state index in [4.69, 9.17) is 14.0 Å². The van der Waals surface area contributed by atoms with Gasteiger partial charge in [-0.2, -0.15) is 0 Å². The molecule has 0 aliphatic carbocycles. The maximum atomic E-state index is 12.8. The van der Waals surface area contributed by atoms with Crippen LogP contribution in [0.4, 0.5) is 11.4 Å². The third-order valence-corrected chi connectivity index (χ3v) is 6.61. The first-order chi connectivity index (χ1) is 16.5. The van der Waals surface area contributed by atoms with Gasteiger partial charge in [0.15, 0.2) is 17.1 Å². The van der Waals surface area contributed by atoms with Crippen LogP contribution >= 0.6 is 0 Å². The first kappa shape index (κ1) is 21.8. The lowest BCUT2D eigenvalue weighted by molar-refractivity contribution is -0.115. The summed E-state index contributed by atoms with van der Waals surface area (Å²) in [6, 6.07) is 18.2. The Labute approximate surface area is 195 Å². The summed E-state index contributed by atoms with van der Waals surface area (Å²) in [7, 11) is -3.84. The molecular weight excluding hydrogens is 458 g/mol. The van der Waals surface area contributed by atoms with E-state index in [9.17, 15) is 13.2 Å². The van der Waals surface area contributed by atoms with Crippen molar-refractivity contribution < 1.29 is 27.2 Å². The largest absolute Gasteiger partial charge is 0.490 e. The van der Waals surface area contributed by atoms with Gasteiger partial charge in [0.05, 0.1) is 24.5 Å². The number of para-hydroxylation sites is 1. The SMILES string of the molecule is O=C(Cc1noc2ccccc12)Nc1ccc(NS(=O)(=O)c2ccc3c(c2)OCCCO3)cc1. The number of rotatable bonds is 6. The summed E-state index contributed by atoms with van der Waals surface area (Å²) in [4.78, 5) is 12.5. The molecule has 0 fully saturated rings. The van der Waals surface area contributed by atoms with Crippen molar-refractivity contribution in [1.82, 2.24) is 5.16 Å². The van der Waals surface area contributed by atoms with Gasteiger partial charge in [0.2, 0.25) is 5.91 Å². The van der Waals surface area contributed by atoms with Gasteiger partial charge < -0.3 is 19.3 Å². The fourth-order valence-corrected chi connectivity index (χ4v) is 4.64. The van der Waals surface area contributed by atoms with E-state index in [0.717, 1.165) is 11.8 Å². The monoisotopic (exact) mass is 479 g/mol. The van der Waals surface area contributed by atoms with Crippen LogP contribution in [-0.4, -0.2) is 32.7 Å². The molecule has 0 spiro atoms. The highest BCUT2D eigenvalue weighted by Gasteiger charge is 2.19. The summed E-state index contributed by atoms with van der Waals surface area (Å²) in [5.74, 6) is 0.660. The summed E-state index contributed by atoms with van der Waals surface area (Å²) in [5.41, 5.74) is 2.05. The van der Waals surface area contributed by atoms with Crippen molar-refractivity contribution in [1.29, 1.82) is 0 Å². The summed E-state index contributed by atoms with van der Waals surface area (Å²) < 4.78 is 44.5. The van der Waals surface area contributed by atoms with Crippen LogP contribution in [0, 0.1) is 0 Å². The van der Waals surface area contributed by atoms with Gasteiger partial charge in [0.1, 0.15) is 5.69 Å². The third-order valence-electron chi connectivity index (χ3n) is 5.23. The summed E-state index contributed by atoms with van der Waals surface area (Å²) in [6.45, 7) is 0.986. The number of nitrogens with one attached hydrogen (secondary N) is 2. The van der Waals surface area contributed by atoms with Crippen molar-refractivity contribution in [3.63, 3.8) is 0 Å². The van der Waals surface area contributed by atoms with Crippen LogP contribution < -0.4 is 19.5 Å². The van der Waals surface area contributed by atoms with Gasteiger partial charge in [0.25, 0.3) is 10.0 Å². The molecule has 9 nitrogen and oxygen atoms in total. The minimum Gasteiger partial charge on any atom is -0.490 e. The van der Waals surface area contributed by atoms with E-state index in [1.807, 2.05) is 18.2 Å². The number of carbonyl (C=O) groups excluding carboxylic acids is 1. The van der Waals surface area contributed by atoms with Gasteiger partial charge in [-0.05, 0) is 48.5 Å². The van der Waals surface area contributed by atoms with E-state index < -0.39 is 10.0 Å². The molecule has 4 aromatic rings.